The van der Waals surface area contributed by atoms with Crippen LogP contribution in [0.4, 0.5) is 0 Å². The first kappa shape index (κ1) is 9.72. The third kappa shape index (κ3) is 1.53. The Balaban J connectivity index is 2.71. The third-order valence-corrected chi connectivity index (χ3v) is 3.22. The van der Waals surface area contributed by atoms with E-state index in [9.17, 15) is 4.79 Å². The highest BCUT2D eigenvalue weighted by atomic mass is 16.5. The van der Waals surface area contributed by atoms with Crippen LogP contribution in [0.1, 0.15) is 27.2 Å². The summed E-state index contributed by atoms with van der Waals surface area (Å²) < 4.78 is 5.29. The average Bonchev–Trinajstić information content (AvgIpc) is 2.52. The average molecular weight is 170 g/mol. The van der Waals surface area contributed by atoms with E-state index >= 15 is 0 Å². The van der Waals surface area contributed by atoms with Gasteiger partial charge in [0.25, 0.3) is 0 Å². The first-order chi connectivity index (χ1) is 5.62. The summed E-state index contributed by atoms with van der Waals surface area (Å²) in [6, 6.07) is 0. The monoisotopic (exact) mass is 170 g/mol. The molecule has 1 saturated heterocycles. The van der Waals surface area contributed by atoms with Crippen LogP contribution in [0, 0.1) is 17.3 Å². The molecule has 1 fully saturated rings. The van der Waals surface area contributed by atoms with Gasteiger partial charge in [-0.05, 0) is 18.3 Å². The van der Waals surface area contributed by atoms with Crippen molar-refractivity contribution in [2.75, 3.05) is 13.2 Å². The zero-order chi connectivity index (χ0) is 9.19. The van der Waals surface area contributed by atoms with E-state index in [0.717, 1.165) is 19.3 Å². The molecule has 1 aliphatic rings. The number of hydrogen-bond acceptors (Lipinski definition) is 2. The van der Waals surface area contributed by atoms with Crippen LogP contribution >= 0.6 is 0 Å². The Bertz CT molecular complexity index is 157. The molecule has 2 nitrogen and oxygen atoms in total. The lowest BCUT2D eigenvalue weighted by Gasteiger charge is -2.30. The molecule has 0 amide bonds. The van der Waals surface area contributed by atoms with E-state index in [0.29, 0.717) is 18.4 Å². The molecule has 0 aromatic heterocycles. The lowest BCUT2D eigenvalue weighted by molar-refractivity contribution is -0.119. The molecule has 0 spiro atoms. The summed E-state index contributed by atoms with van der Waals surface area (Å²) in [4.78, 5) is 11.0. The number of rotatable bonds is 3. The van der Waals surface area contributed by atoms with Gasteiger partial charge in [-0.3, -0.25) is 0 Å². The predicted molar refractivity (Wildman–Crippen MR) is 47.9 cm³/mol. The number of carbonyl (C=O) groups excluding carboxylic acids is 1. The van der Waals surface area contributed by atoms with Gasteiger partial charge in [-0.1, -0.05) is 20.8 Å². The second kappa shape index (κ2) is 3.56. The summed E-state index contributed by atoms with van der Waals surface area (Å²) >= 11 is 0. The normalized spacial score (nSPS) is 32.3. The van der Waals surface area contributed by atoms with Crippen molar-refractivity contribution in [2.45, 2.75) is 27.2 Å². The fraction of sp³-hybridized carbons (Fsp3) is 0.900. The molecule has 0 aromatic rings. The van der Waals surface area contributed by atoms with Gasteiger partial charge in [-0.2, -0.15) is 0 Å². The van der Waals surface area contributed by atoms with Crippen LogP contribution in [0.5, 0.6) is 0 Å². The molecule has 0 radical (unpaired) electrons. The standard InChI is InChI=1S/C10H18O2/c1-8(2)9(3)10(6-11)4-5-12-7-10/h6,8-9H,4-5,7H2,1-3H3. The lowest BCUT2D eigenvalue weighted by atomic mass is 9.72. The smallest absolute Gasteiger partial charge is 0.128 e. The Morgan fingerprint density at radius 2 is 2.08 bits per heavy atom. The summed E-state index contributed by atoms with van der Waals surface area (Å²) in [6.07, 6.45) is 2.00. The van der Waals surface area contributed by atoms with Crippen LogP contribution in [-0.2, 0) is 9.53 Å². The van der Waals surface area contributed by atoms with Crippen LogP contribution in [-0.4, -0.2) is 19.5 Å². The SMILES string of the molecule is CC(C)C(C)C1(C=O)CCOC1. The van der Waals surface area contributed by atoms with Crippen molar-refractivity contribution in [1.82, 2.24) is 0 Å². The van der Waals surface area contributed by atoms with Gasteiger partial charge >= 0.3 is 0 Å². The predicted octanol–water partition coefficient (Wildman–Crippen LogP) is 1.88. The molecule has 0 aliphatic carbocycles. The van der Waals surface area contributed by atoms with Crippen molar-refractivity contribution < 1.29 is 9.53 Å². The second-order valence-corrected chi connectivity index (χ2v) is 4.19. The highest BCUT2D eigenvalue weighted by molar-refractivity contribution is 5.60. The zero-order valence-corrected chi connectivity index (χ0v) is 8.17. The van der Waals surface area contributed by atoms with Gasteiger partial charge in [0.1, 0.15) is 6.29 Å². The summed E-state index contributed by atoms with van der Waals surface area (Å²) in [5.74, 6) is 0.981. The highest BCUT2D eigenvalue weighted by Crippen LogP contribution is 2.38. The van der Waals surface area contributed by atoms with Crippen molar-refractivity contribution in [3.8, 4) is 0 Å². The van der Waals surface area contributed by atoms with Crippen LogP contribution < -0.4 is 0 Å². The molecule has 1 heterocycles. The first-order valence-electron chi connectivity index (χ1n) is 4.66. The maximum absolute atomic E-state index is 11.0. The Morgan fingerprint density at radius 3 is 2.42 bits per heavy atom. The second-order valence-electron chi connectivity index (χ2n) is 4.19. The van der Waals surface area contributed by atoms with E-state index in [1.165, 1.54) is 0 Å². The van der Waals surface area contributed by atoms with Crippen molar-refractivity contribution in [3.63, 3.8) is 0 Å². The molecule has 2 unspecified atom stereocenters. The van der Waals surface area contributed by atoms with Gasteiger partial charge in [-0.15, -0.1) is 0 Å². The minimum Gasteiger partial charge on any atom is -0.380 e. The largest absolute Gasteiger partial charge is 0.380 e. The Labute approximate surface area is 74.3 Å². The molecule has 70 valence electrons. The maximum Gasteiger partial charge on any atom is 0.128 e. The fourth-order valence-corrected chi connectivity index (χ4v) is 1.82. The maximum atomic E-state index is 11.0. The van der Waals surface area contributed by atoms with Gasteiger partial charge in [-0.25, -0.2) is 0 Å². The van der Waals surface area contributed by atoms with Crippen LogP contribution in [0.15, 0.2) is 0 Å². The van der Waals surface area contributed by atoms with Gasteiger partial charge in [0.05, 0.1) is 12.0 Å². The number of ether oxygens (including phenoxy) is 1. The van der Waals surface area contributed by atoms with Crippen LogP contribution in [0.25, 0.3) is 0 Å². The molecule has 1 rings (SSSR count). The minimum atomic E-state index is -0.186. The third-order valence-electron chi connectivity index (χ3n) is 3.22. The van der Waals surface area contributed by atoms with E-state index in [-0.39, 0.29) is 5.41 Å². The number of hydrogen-bond donors (Lipinski definition) is 0. The van der Waals surface area contributed by atoms with E-state index in [2.05, 4.69) is 20.8 Å². The van der Waals surface area contributed by atoms with Crippen molar-refractivity contribution in [2.24, 2.45) is 17.3 Å². The molecular formula is C10H18O2. The van der Waals surface area contributed by atoms with Gasteiger partial charge < -0.3 is 9.53 Å². The summed E-state index contributed by atoms with van der Waals surface area (Å²) in [5, 5.41) is 0. The van der Waals surface area contributed by atoms with Crippen molar-refractivity contribution in [3.05, 3.63) is 0 Å². The molecule has 0 bridgehead atoms. The Hall–Kier alpha value is -0.370. The summed E-state index contributed by atoms with van der Waals surface area (Å²) in [5.41, 5.74) is -0.186. The molecule has 12 heavy (non-hydrogen) atoms. The van der Waals surface area contributed by atoms with Crippen LogP contribution in [0.3, 0.4) is 0 Å². The van der Waals surface area contributed by atoms with E-state index in [1.807, 2.05) is 0 Å². The van der Waals surface area contributed by atoms with Gasteiger partial charge in [0, 0.05) is 6.61 Å². The number of aldehydes is 1. The quantitative estimate of drug-likeness (QED) is 0.604. The molecule has 2 atom stereocenters. The van der Waals surface area contributed by atoms with Crippen molar-refractivity contribution >= 4 is 6.29 Å². The van der Waals surface area contributed by atoms with E-state index < -0.39 is 0 Å². The lowest BCUT2D eigenvalue weighted by Crippen LogP contribution is -2.34. The fourth-order valence-electron chi connectivity index (χ4n) is 1.82. The molecule has 0 aromatic carbocycles. The van der Waals surface area contributed by atoms with Crippen molar-refractivity contribution in [1.29, 1.82) is 0 Å². The number of carbonyl (C=O) groups is 1. The van der Waals surface area contributed by atoms with Crippen LogP contribution in [0.2, 0.25) is 0 Å². The molecule has 0 N–H and O–H groups in total. The van der Waals surface area contributed by atoms with E-state index in [4.69, 9.17) is 4.74 Å². The summed E-state index contributed by atoms with van der Waals surface area (Å²) in [7, 11) is 0. The zero-order valence-electron chi connectivity index (χ0n) is 8.17. The Morgan fingerprint density at radius 1 is 1.42 bits per heavy atom. The first-order valence-corrected chi connectivity index (χ1v) is 4.66. The molecule has 2 heteroatoms. The molecular weight excluding hydrogens is 152 g/mol. The minimum absolute atomic E-state index is 0.186. The van der Waals surface area contributed by atoms with Gasteiger partial charge in [0.2, 0.25) is 0 Å². The molecule has 0 saturated carbocycles. The Kier molecular flexibility index (Phi) is 2.89. The van der Waals surface area contributed by atoms with E-state index in [1.54, 1.807) is 0 Å². The summed E-state index contributed by atoms with van der Waals surface area (Å²) in [6.45, 7) is 7.84. The topological polar surface area (TPSA) is 26.3 Å². The highest BCUT2D eigenvalue weighted by Gasteiger charge is 2.40. The van der Waals surface area contributed by atoms with Gasteiger partial charge in [0.15, 0.2) is 0 Å². The molecule has 1 aliphatic heterocycles.